The number of carbonyl (C=O) groups is 1. The standard InChI is InChI=1S/C20H23F3N2O3/c1-19(2)12-25(11-16(28-19)9-18(24)26)10-15-6-7-17(27-15)13-4-3-5-14(8-13)20(21,22)23/h3-8,16H,9-12H2,1-2H3,(H2,24,26). The molecule has 1 aromatic carbocycles. The van der Waals surface area contributed by atoms with Gasteiger partial charge in [-0.25, -0.2) is 0 Å². The number of furan rings is 1. The molecule has 152 valence electrons. The second kappa shape index (κ2) is 7.60. The molecule has 0 aliphatic carbocycles. The maximum absolute atomic E-state index is 12.9. The molecule has 0 spiro atoms. The minimum Gasteiger partial charge on any atom is -0.460 e. The van der Waals surface area contributed by atoms with Crippen LogP contribution in [0.1, 0.15) is 31.6 Å². The number of carbonyl (C=O) groups excluding carboxylic acids is 1. The molecule has 1 atom stereocenters. The van der Waals surface area contributed by atoms with Crippen molar-refractivity contribution >= 4 is 5.91 Å². The number of alkyl halides is 3. The third-order valence-electron chi connectivity index (χ3n) is 4.50. The highest BCUT2D eigenvalue weighted by molar-refractivity contribution is 5.74. The second-order valence-corrected chi connectivity index (χ2v) is 7.68. The molecule has 0 saturated carbocycles. The predicted octanol–water partition coefficient (Wildman–Crippen LogP) is 3.82. The van der Waals surface area contributed by atoms with E-state index < -0.39 is 23.2 Å². The predicted molar refractivity (Wildman–Crippen MR) is 97.2 cm³/mol. The van der Waals surface area contributed by atoms with E-state index in [0.717, 1.165) is 12.1 Å². The molecule has 8 heteroatoms. The monoisotopic (exact) mass is 396 g/mol. The fraction of sp³-hybridized carbons (Fsp3) is 0.450. The Kier molecular flexibility index (Phi) is 5.54. The van der Waals surface area contributed by atoms with Gasteiger partial charge in [-0.3, -0.25) is 9.69 Å². The van der Waals surface area contributed by atoms with Crippen molar-refractivity contribution < 1.29 is 27.1 Å². The van der Waals surface area contributed by atoms with E-state index in [4.69, 9.17) is 14.9 Å². The fourth-order valence-electron chi connectivity index (χ4n) is 3.56. The number of hydrogen-bond acceptors (Lipinski definition) is 4. The van der Waals surface area contributed by atoms with Gasteiger partial charge in [0.05, 0.1) is 30.2 Å². The number of nitrogens with two attached hydrogens (primary N) is 1. The summed E-state index contributed by atoms with van der Waals surface area (Å²) in [6, 6.07) is 8.46. The first kappa shape index (κ1) is 20.4. The maximum Gasteiger partial charge on any atom is 0.416 e. The van der Waals surface area contributed by atoms with Crippen LogP contribution in [0.5, 0.6) is 0 Å². The van der Waals surface area contributed by atoms with Crippen molar-refractivity contribution in [2.24, 2.45) is 5.73 Å². The number of primary amides is 1. The van der Waals surface area contributed by atoms with Gasteiger partial charge in [0.25, 0.3) is 0 Å². The first-order chi connectivity index (χ1) is 13.0. The number of rotatable bonds is 5. The lowest BCUT2D eigenvalue weighted by Crippen LogP contribution is -2.53. The van der Waals surface area contributed by atoms with Crippen LogP contribution in [0, 0.1) is 0 Å². The molecule has 3 rings (SSSR count). The molecule has 5 nitrogen and oxygen atoms in total. The van der Waals surface area contributed by atoms with E-state index in [1.807, 2.05) is 13.8 Å². The van der Waals surface area contributed by atoms with Gasteiger partial charge in [0.15, 0.2) is 0 Å². The molecule has 1 unspecified atom stereocenters. The number of halogens is 3. The molecule has 1 fully saturated rings. The zero-order valence-corrected chi connectivity index (χ0v) is 15.8. The Morgan fingerprint density at radius 3 is 2.71 bits per heavy atom. The van der Waals surface area contributed by atoms with Crippen molar-refractivity contribution in [1.82, 2.24) is 4.90 Å². The summed E-state index contributed by atoms with van der Waals surface area (Å²) in [5, 5.41) is 0. The molecule has 28 heavy (non-hydrogen) atoms. The highest BCUT2D eigenvalue weighted by Crippen LogP contribution is 2.33. The number of morpholine rings is 1. The van der Waals surface area contributed by atoms with Gasteiger partial charge in [-0.15, -0.1) is 0 Å². The van der Waals surface area contributed by atoms with Crippen LogP contribution >= 0.6 is 0 Å². The molecule has 1 aromatic heterocycles. The smallest absolute Gasteiger partial charge is 0.416 e. The normalized spacial score (nSPS) is 20.2. The zero-order chi connectivity index (χ0) is 20.5. The topological polar surface area (TPSA) is 68.7 Å². The van der Waals surface area contributed by atoms with Crippen molar-refractivity contribution in [3.63, 3.8) is 0 Å². The summed E-state index contributed by atoms with van der Waals surface area (Å²) in [5.74, 6) is 0.581. The van der Waals surface area contributed by atoms with Gasteiger partial charge in [-0.2, -0.15) is 13.2 Å². The van der Waals surface area contributed by atoms with Gasteiger partial charge in [-0.1, -0.05) is 12.1 Å². The van der Waals surface area contributed by atoms with Crippen molar-refractivity contribution in [1.29, 1.82) is 0 Å². The van der Waals surface area contributed by atoms with E-state index in [1.165, 1.54) is 6.07 Å². The first-order valence-electron chi connectivity index (χ1n) is 8.97. The molecule has 2 heterocycles. The number of nitrogens with zero attached hydrogens (tertiary/aromatic N) is 1. The SMILES string of the molecule is CC1(C)CN(Cc2ccc(-c3cccc(C(F)(F)F)c3)o2)CC(CC(N)=O)O1. The average Bonchev–Trinajstić information content (AvgIpc) is 3.00. The molecule has 0 bridgehead atoms. The lowest BCUT2D eigenvalue weighted by atomic mass is 10.0. The Hall–Kier alpha value is -2.32. The summed E-state index contributed by atoms with van der Waals surface area (Å²) in [6.45, 7) is 5.47. The van der Waals surface area contributed by atoms with Crippen LogP contribution in [-0.4, -0.2) is 35.6 Å². The quantitative estimate of drug-likeness (QED) is 0.834. The summed E-state index contributed by atoms with van der Waals surface area (Å²) in [7, 11) is 0. The van der Waals surface area contributed by atoms with Crippen molar-refractivity contribution in [3.8, 4) is 11.3 Å². The van der Waals surface area contributed by atoms with Crippen molar-refractivity contribution in [2.75, 3.05) is 13.1 Å². The van der Waals surface area contributed by atoms with Crippen LogP contribution in [0.15, 0.2) is 40.8 Å². The van der Waals surface area contributed by atoms with Gasteiger partial charge < -0.3 is 14.9 Å². The fourth-order valence-corrected chi connectivity index (χ4v) is 3.56. The van der Waals surface area contributed by atoms with Crippen LogP contribution in [0.4, 0.5) is 13.2 Å². The summed E-state index contributed by atoms with van der Waals surface area (Å²) in [4.78, 5) is 13.3. The molecule has 2 N–H and O–H groups in total. The van der Waals surface area contributed by atoms with E-state index in [2.05, 4.69) is 4.90 Å². The van der Waals surface area contributed by atoms with Crippen LogP contribution < -0.4 is 5.73 Å². The minimum absolute atomic E-state index is 0.133. The lowest BCUT2D eigenvalue weighted by molar-refractivity contribution is -0.148. The van der Waals surface area contributed by atoms with Crippen molar-refractivity contribution in [3.05, 3.63) is 47.7 Å². The molecule has 1 amide bonds. The summed E-state index contributed by atoms with van der Waals surface area (Å²) in [5.41, 5.74) is 4.49. The molecule has 1 aliphatic rings. The molecule has 1 aliphatic heterocycles. The van der Waals surface area contributed by atoms with E-state index in [9.17, 15) is 18.0 Å². The third kappa shape index (κ3) is 5.14. The molecular weight excluding hydrogens is 373 g/mol. The second-order valence-electron chi connectivity index (χ2n) is 7.68. The van der Waals surface area contributed by atoms with Crippen molar-refractivity contribution in [2.45, 2.75) is 44.7 Å². The number of benzene rings is 1. The van der Waals surface area contributed by atoms with E-state index in [0.29, 0.717) is 36.7 Å². The highest BCUT2D eigenvalue weighted by Gasteiger charge is 2.34. The zero-order valence-electron chi connectivity index (χ0n) is 15.8. The Labute approximate surface area is 161 Å². The third-order valence-corrected chi connectivity index (χ3v) is 4.50. The van der Waals surface area contributed by atoms with Gasteiger partial charge >= 0.3 is 6.18 Å². The molecule has 0 radical (unpaired) electrons. The maximum atomic E-state index is 12.9. The Morgan fingerprint density at radius 1 is 1.29 bits per heavy atom. The van der Waals surface area contributed by atoms with Crippen LogP contribution in [-0.2, 0) is 22.3 Å². The Bertz CT molecular complexity index is 845. The number of hydrogen-bond donors (Lipinski definition) is 1. The lowest BCUT2D eigenvalue weighted by Gasteiger charge is -2.42. The van der Waals surface area contributed by atoms with Gasteiger partial charge in [0.2, 0.25) is 5.91 Å². The summed E-state index contributed by atoms with van der Waals surface area (Å²) in [6.07, 6.45) is -4.58. The van der Waals surface area contributed by atoms with E-state index in [-0.39, 0.29) is 12.5 Å². The molecular formula is C20H23F3N2O3. The first-order valence-corrected chi connectivity index (χ1v) is 8.97. The Morgan fingerprint density at radius 2 is 2.04 bits per heavy atom. The van der Waals surface area contributed by atoms with Crippen LogP contribution in [0.25, 0.3) is 11.3 Å². The Balaban J connectivity index is 1.73. The van der Waals surface area contributed by atoms with Gasteiger partial charge in [0, 0.05) is 18.7 Å². The average molecular weight is 396 g/mol. The number of ether oxygens (including phenoxy) is 1. The largest absolute Gasteiger partial charge is 0.460 e. The van der Waals surface area contributed by atoms with E-state index in [1.54, 1.807) is 18.2 Å². The van der Waals surface area contributed by atoms with Crippen LogP contribution in [0.2, 0.25) is 0 Å². The molecule has 1 saturated heterocycles. The summed E-state index contributed by atoms with van der Waals surface area (Å²) < 4.78 is 50.4. The summed E-state index contributed by atoms with van der Waals surface area (Å²) >= 11 is 0. The van der Waals surface area contributed by atoms with E-state index >= 15 is 0 Å². The van der Waals surface area contributed by atoms with Crippen LogP contribution in [0.3, 0.4) is 0 Å². The van der Waals surface area contributed by atoms with Gasteiger partial charge in [0.1, 0.15) is 11.5 Å². The van der Waals surface area contributed by atoms with Gasteiger partial charge in [-0.05, 0) is 38.1 Å². The highest BCUT2D eigenvalue weighted by atomic mass is 19.4. The minimum atomic E-state index is -4.40. The number of amides is 1. The molecule has 2 aromatic rings.